The van der Waals surface area contributed by atoms with Crippen LogP contribution in [-0.2, 0) is 0 Å². The first-order chi connectivity index (χ1) is 10.3. The second-order valence-electron chi connectivity index (χ2n) is 6.41. The van der Waals surface area contributed by atoms with Crippen LogP contribution in [0, 0.1) is 11.8 Å². The third-order valence-corrected chi connectivity index (χ3v) is 4.90. The Bertz CT molecular complexity index is 653. The van der Waals surface area contributed by atoms with Crippen LogP contribution in [0.4, 0.5) is 10.5 Å². The molecule has 0 aromatic carbocycles. The van der Waals surface area contributed by atoms with Crippen molar-refractivity contribution in [3.8, 4) is 0 Å². The molecule has 2 fully saturated rings. The number of aromatic amines is 1. The number of rotatable bonds is 2. The van der Waals surface area contributed by atoms with Gasteiger partial charge in [0.1, 0.15) is 5.52 Å². The number of pyridine rings is 1. The highest BCUT2D eigenvalue weighted by molar-refractivity contribution is 5.99. The number of amides is 2. The summed E-state index contributed by atoms with van der Waals surface area (Å²) in [6.45, 7) is 0. The first kappa shape index (κ1) is 12.7. The molecule has 2 aliphatic rings. The second kappa shape index (κ2) is 5.06. The number of hydrogen-bond donors (Lipinski definition) is 3. The number of carbonyl (C=O) groups is 1. The van der Waals surface area contributed by atoms with Crippen LogP contribution in [0.1, 0.15) is 32.1 Å². The van der Waals surface area contributed by atoms with Gasteiger partial charge in [0.25, 0.3) is 0 Å². The number of fused-ring (bicyclic) bond motifs is 3. The molecule has 2 aromatic rings. The van der Waals surface area contributed by atoms with Gasteiger partial charge in [-0.3, -0.25) is 4.98 Å². The molecule has 3 N–H and O–H groups in total. The van der Waals surface area contributed by atoms with Crippen LogP contribution in [0.2, 0.25) is 0 Å². The molecule has 2 saturated carbocycles. The molecule has 4 rings (SSSR count). The predicted molar refractivity (Wildman–Crippen MR) is 82.1 cm³/mol. The first-order valence-electron chi connectivity index (χ1n) is 7.77. The van der Waals surface area contributed by atoms with Crippen LogP contribution in [0.25, 0.3) is 11.0 Å². The summed E-state index contributed by atoms with van der Waals surface area (Å²) in [5.41, 5.74) is 2.47. The van der Waals surface area contributed by atoms with Gasteiger partial charge < -0.3 is 15.6 Å². The summed E-state index contributed by atoms with van der Waals surface area (Å²) in [6.07, 6.45) is 9.85. The van der Waals surface area contributed by atoms with E-state index in [1.54, 1.807) is 12.4 Å². The fraction of sp³-hybridized carbons (Fsp3) is 0.500. The van der Waals surface area contributed by atoms with Crippen LogP contribution in [0.3, 0.4) is 0 Å². The molecule has 0 spiro atoms. The van der Waals surface area contributed by atoms with Crippen molar-refractivity contribution < 1.29 is 4.79 Å². The van der Waals surface area contributed by atoms with Crippen molar-refractivity contribution in [1.29, 1.82) is 0 Å². The Kier molecular flexibility index (Phi) is 3.05. The van der Waals surface area contributed by atoms with Crippen molar-refractivity contribution in [2.45, 2.75) is 38.1 Å². The zero-order chi connectivity index (χ0) is 14.2. The summed E-state index contributed by atoms with van der Waals surface area (Å²) in [6, 6.07) is 4.03. The molecule has 21 heavy (non-hydrogen) atoms. The molecule has 2 atom stereocenters. The lowest BCUT2D eigenvalue weighted by Gasteiger charge is -2.28. The number of nitrogens with one attached hydrogen (secondary N) is 3. The topological polar surface area (TPSA) is 69.8 Å². The molecule has 0 aliphatic heterocycles. The predicted octanol–water partition coefficient (Wildman–Crippen LogP) is 3.26. The van der Waals surface area contributed by atoms with E-state index in [1.807, 2.05) is 12.1 Å². The number of aromatic nitrogens is 2. The Morgan fingerprint density at radius 3 is 2.86 bits per heavy atom. The highest BCUT2D eigenvalue weighted by Crippen LogP contribution is 2.41. The van der Waals surface area contributed by atoms with Gasteiger partial charge in [-0.15, -0.1) is 0 Å². The largest absolute Gasteiger partial charge is 0.358 e. The molecule has 0 saturated heterocycles. The molecule has 5 heteroatoms. The Morgan fingerprint density at radius 1 is 1.24 bits per heavy atom. The zero-order valence-corrected chi connectivity index (χ0v) is 11.9. The van der Waals surface area contributed by atoms with E-state index in [4.69, 9.17) is 0 Å². The van der Waals surface area contributed by atoms with Crippen LogP contribution in [0.15, 0.2) is 24.5 Å². The van der Waals surface area contributed by atoms with E-state index in [9.17, 15) is 4.79 Å². The molecule has 110 valence electrons. The fourth-order valence-electron chi connectivity index (χ4n) is 4.02. The Balaban J connectivity index is 1.42. The van der Waals surface area contributed by atoms with Crippen LogP contribution in [0.5, 0.6) is 0 Å². The number of hydrogen-bond acceptors (Lipinski definition) is 2. The molecule has 2 heterocycles. The quantitative estimate of drug-likeness (QED) is 0.792. The van der Waals surface area contributed by atoms with Gasteiger partial charge in [0.15, 0.2) is 0 Å². The molecule has 2 aliphatic carbocycles. The SMILES string of the molecule is O=C(Nc1c[nH]c2cccnc12)NC1CC2CCC(C2)C1. The highest BCUT2D eigenvalue weighted by atomic mass is 16.2. The fourth-order valence-corrected chi connectivity index (χ4v) is 4.02. The lowest BCUT2D eigenvalue weighted by atomic mass is 9.85. The highest BCUT2D eigenvalue weighted by Gasteiger charge is 2.34. The van der Waals surface area contributed by atoms with Gasteiger partial charge in [-0.1, -0.05) is 12.8 Å². The summed E-state index contributed by atoms with van der Waals surface area (Å²) < 4.78 is 0. The molecule has 2 amide bonds. The maximum atomic E-state index is 12.2. The minimum Gasteiger partial charge on any atom is -0.358 e. The smallest absolute Gasteiger partial charge is 0.319 e. The maximum Gasteiger partial charge on any atom is 0.319 e. The van der Waals surface area contributed by atoms with E-state index in [1.165, 1.54) is 19.3 Å². The standard InChI is InChI=1S/C16H20N4O/c21-16(19-12-7-10-3-4-11(6-10)8-12)20-14-9-18-13-2-1-5-17-15(13)14/h1-2,5,9-12,18H,3-4,6-8H2,(H2,19,20,21). The number of urea groups is 1. The summed E-state index contributed by atoms with van der Waals surface area (Å²) in [7, 11) is 0. The van der Waals surface area contributed by atoms with Crippen molar-refractivity contribution in [2.24, 2.45) is 11.8 Å². The summed E-state index contributed by atoms with van der Waals surface area (Å²) in [5.74, 6) is 1.65. The zero-order valence-electron chi connectivity index (χ0n) is 11.9. The number of nitrogens with zero attached hydrogens (tertiary/aromatic N) is 1. The summed E-state index contributed by atoms with van der Waals surface area (Å²) >= 11 is 0. The van der Waals surface area contributed by atoms with E-state index in [-0.39, 0.29) is 6.03 Å². The van der Waals surface area contributed by atoms with Crippen LogP contribution in [-0.4, -0.2) is 22.0 Å². The number of H-pyrrole nitrogens is 1. The van der Waals surface area contributed by atoms with Gasteiger partial charge in [0.2, 0.25) is 0 Å². The number of anilines is 1. The first-order valence-corrected chi connectivity index (χ1v) is 7.77. The van der Waals surface area contributed by atoms with E-state index in [2.05, 4.69) is 20.6 Å². The molecule has 2 aromatic heterocycles. The molecular weight excluding hydrogens is 264 g/mol. The summed E-state index contributed by atoms with van der Waals surface area (Å²) in [4.78, 5) is 19.6. The average molecular weight is 284 g/mol. The molecule has 2 unspecified atom stereocenters. The van der Waals surface area contributed by atoms with Gasteiger partial charge in [-0.2, -0.15) is 0 Å². The number of carbonyl (C=O) groups excluding carboxylic acids is 1. The van der Waals surface area contributed by atoms with Crippen molar-refractivity contribution >= 4 is 22.8 Å². The molecule has 5 nitrogen and oxygen atoms in total. The lowest BCUT2D eigenvalue weighted by molar-refractivity contribution is 0.235. The second-order valence-corrected chi connectivity index (χ2v) is 6.41. The molecule has 2 bridgehead atoms. The summed E-state index contributed by atoms with van der Waals surface area (Å²) in [5, 5.41) is 6.05. The third kappa shape index (κ3) is 2.48. The van der Waals surface area contributed by atoms with E-state index < -0.39 is 0 Å². The van der Waals surface area contributed by atoms with Gasteiger partial charge in [-0.25, -0.2) is 4.79 Å². The van der Waals surface area contributed by atoms with Gasteiger partial charge in [0, 0.05) is 18.4 Å². The van der Waals surface area contributed by atoms with Gasteiger partial charge in [-0.05, 0) is 43.2 Å². The van der Waals surface area contributed by atoms with Gasteiger partial charge in [0.05, 0.1) is 11.2 Å². The molecular formula is C16H20N4O. The normalized spacial score (nSPS) is 27.7. The minimum atomic E-state index is -0.118. The van der Waals surface area contributed by atoms with E-state index >= 15 is 0 Å². The third-order valence-electron chi connectivity index (χ3n) is 4.90. The maximum absolute atomic E-state index is 12.2. The van der Waals surface area contributed by atoms with Crippen LogP contribution < -0.4 is 10.6 Å². The Morgan fingerprint density at radius 2 is 2.05 bits per heavy atom. The minimum absolute atomic E-state index is 0.118. The van der Waals surface area contributed by atoms with Crippen molar-refractivity contribution in [3.63, 3.8) is 0 Å². The average Bonchev–Trinajstić information content (AvgIpc) is 3.03. The van der Waals surface area contributed by atoms with Crippen LogP contribution >= 0.6 is 0 Å². The Hall–Kier alpha value is -2.04. The van der Waals surface area contributed by atoms with Gasteiger partial charge >= 0.3 is 6.03 Å². The lowest BCUT2D eigenvalue weighted by Crippen LogP contribution is -2.41. The monoisotopic (exact) mass is 284 g/mol. The molecule has 0 radical (unpaired) electrons. The van der Waals surface area contributed by atoms with Crippen molar-refractivity contribution in [1.82, 2.24) is 15.3 Å². The van der Waals surface area contributed by atoms with Crippen molar-refractivity contribution in [2.75, 3.05) is 5.32 Å². The van der Waals surface area contributed by atoms with Crippen molar-refractivity contribution in [3.05, 3.63) is 24.5 Å². The Labute approximate surface area is 123 Å². The van der Waals surface area contributed by atoms with E-state index in [0.717, 1.165) is 41.4 Å². The van der Waals surface area contributed by atoms with E-state index in [0.29, 0.717) is 6.04 Å².